The Kier molecular flexibility index (Phi) is 3.54. The van der Waals surface area contributed by atoms with Gasteiger partial charge < -0.3 is 10.5 Å². The van der Waals surface area contributed by atoms with Crippen LogP contribution in [0.15, 0.2) is 29.6 Å². The average molecular weight is 234 g/mol. The van der Waals surface area contributed by atoms with Crippen LogP contribution in [0.5, 0.6) is 5.75 Å². The third-order valence-electron chi connectivity index (χ3n) is 2.30. The third-order valence-corrected chi connectivity index (χ3v) is 3.20. The fourth-order valence-electron chi connectivity index (χ4n) is 1.44. The van der Waals surface area contributed by atoms with Crippen molar-refractivity contribution in [3.05, 3.63) is 34.7 Å². The van der Waals surface area contributed by atoms with Crippen molar-refractivity contribution in [1.82, 2.24) is 4.98 Å². The molecule has 2 rings (SSSR count). The molecule has 0 fully saturated rings. The molecule has 2 N–H and O–H groups in total. The molecule has 0 atom stereocenters. The molecule has 0 unspecified atom stereocenters. The second-order valence-electron chi connectivity index (χ2n) is 3.39. The van der Waals surface area contributed by atoms with Gasteiger partial charge in [-0.05, 0) is 30.8 Å². The minimum absolute atomic E-state index is 0.648. The monoisotopic (exact) mass is 234 g/mol. The van der Waals surface area contributed by atoms with Crippen LogP contribution in [0, 0.1) is 0 Å². The molecule has 0 amide bonds. The van der Waals surface area contributed by atoms with Gasteiger partial charge in [0.05, 0.1) is 17.8 Å². The Bertz CT molecular complexity index is 450. The van der Waals surface area contributed by atoms with Gasteiger partial charge in [0.1, 0.15) is 5.75 Å². The molecule has 3 nitrogen and oxygen atoms in total. The summed E-state index contributed by atoms with van der Waals surface area (Å²) in [5, 5.41) is 3.15. The van der Waals surface area contributed by atoms with E-state index in [2.05, 4.69) is 10.4 Å². The van der Waals surface area contributed by atoms with Gasteiger partial charge in [0.25, 0.3) is 0 Å². The summed E-state index contributed by atoms with van der Waals surface area (Å²) < 4.78 is 5.11. The zero-order valence-electron chi connectivity index (χ0n) is 9.14. The van der Waals surface area contributed by atoms with Crippen LogP contribution in [0.3, 0.4) is 0 Å². The largest absolute Gasteiger partial charge is 0.497 e. The summed E-state index contributed by atoms with van der Waals surface area (Å²) in [6.07, 6.45) is 0.848. The lowest BCUT2D eigenvalue weighted by Crippen LogP contribution is -2.01. The first kappa shape index (κ1) is 11.1. The minimum atomic E-state index is 0.648. The lowest BCUT2D eigenvalue weighted by Gasteiger charge is -2.00. The fourth-order valence-corrected chi connectivity index (χ4v) is 2.27. The number of benzene rings is 1. The van der Waals surface area contributed by atoms with Crippen LogP contribution in [0.4, 0.5) is 0 Å². The van der Waals surface area contributed by atoms with Gasteiger partial charge in [-0.15, -0.1) is 11.3 Å². The van der Waals surface area contributed by atoms with Crippen molar-refractivity contribution in [2.24, 2.45) is 5.73 Å². The van der Waals surface area contributed by atoms with Crippen LogP contribution in [-0.2, 0) is 6.42 Å². The second-order valence-corrected chi connectivity index (χ2v) is 4.34. The van der Waals surface area contributed by atoms with E-state index >= 15 is 0 Å². The van der Waals surface area contributed by atoms with E-state index in [-0.39, 0.29) is 0 Å². The molecule has 84 valence electrons. The molecule has 2 aromatic rings. The summed E-state index contributed by atoms with van der Waals surface area (Å²) in [7, 11) is 1.66. The van der Waals surface area contributed by atoms with Crippen LogP contribution in [0.25, 0.3) is 11.3 Å². The maximum absolute atomic E-state index is 5.50. The number of ether oxygens (including phenoxy) is 1. The Labute approximate surface area is 98.9 Å². The van der Waals surface area contributed by atoms with Crippen molar-refractivity contribution in [1.29, 1.82) is 0 Å². The van der Waals surface area contributed by atoms with Gasteiger partial charge in [-0.25, -0.2) is 4.98 Å². The SMILES string of the molecule is COc1ccc(-c2csc(CCN)n2)cc1. The normalized spacial score (nSPS) is 10.4. The first-order valence-electron chi connectivity index (χ1n) is 5.12. The van der Waals surface area contributed by atoms with Gasteiger partial charge in [0.2, 0.25) is 0 Å². The lowest BCUT2D eigenvalue weighted by molar-refractivity contribution is 0.415. The number of hydrogen-bond donors (Lipinski definition) is 1. The molecular weight excluding hydrogens is 220 g/mol. The van der Waals surface area contributed by atoms with E-state index in [0.29, 0.717) is 6.54 Å². The number of rotatable bonds is 4. The topological polar surface area (TPSA) is 48.1 Å². The first-order valence-corrected chi connectivity index (χ1v) is 6.00. The first-order chi connectivity index (χ1) is 7.83. The zero-order valence-corrected chi connectivity index (χ0v) is 9.96. The molecule has 16 heavy (non-hydrogen) atoms. The van der Waals surface area contributed by atoms with Gasteiger partial charge in [-0.1, -0.05) is 0 Å². The Morgan fingerprint density at radius 2 is 2.06 bits per heavy atom. The highest BCUT2D eigenvalue weighted by Crippen LogP contribution is 2.24. The van der Waals surface area contributed by atoms with Crippen molar-refractivity contribution in [3.63, 3.8) is 0 Å². The minimum Gasteiger partial charge on any atom is -0.497 e. The van der Waals surface area contributed by atoms with Gasteiger partial charge in [0, 0.05) is 17.4 Å². The van der Waals surface area contributed by atoms with Crippen LogP contribution in [0.2, 0.25) is 0 Å². The molecule has 1 aromatic heterocycles. The van der Waals surface area contributed by atoms with Gasteiger partial charge in [0.15, 0.2) is 0 Å². The molecule has 1 aromatic carbocycles. The fraction of sp³-hybridized carbons (Fsp3) is 0.250. The molecule has 0 radical (unpaired) electrons. The van der Waals surface area contributed by atoms with Crippen LogP contribution in [0.1, 0.15) is 5.01 Å². The van der Waals surface area contributed by atoms with E-state index < -0.39 is 0 Å². The predicted octanol–water partition coefficient (Wildman–Crippen LogP) is 2.32. The van der Waals surface area contributed by atoms with E-state index in [1.54, 1.807) is 18.4 Å². The molecule has 0 saturated carbocycles. The molecule has 0 bridgehead atoms. The highest BCUT2D eigenvalue weighted by atomic mass is 32.1. The smallest absolute Gasteiger partial charge is 0.118 e. The van der Waals surface area contributed by atoms with Crippen molar-refractivity contribution in [2.75, 3.05) is 13.7 Å². The van der Waals surface area contributed by atoms with Crippen molar-refractivity contribution < 1.29 is 4.74 Å². The Hall–Kier alpha value is -1.39. The summed E-state index contributed by atoms with van der Waals surface area (Å²) in [4.78, 5) is 4.52. The summed E-state index contributed by atoms with van der Waals surface area (Å²) in [6, 6.07) is 7.91. The average Bonchev–Trinajstić information content (AvgIpc) is 2.78. The summed E-state index contributed by atoms with van der Waals surface area (Å²) in [5.41, 5.74) is 7.62. The van der Waals surface area contributed by atoms with E-state index in [9.17, 15) is 0 Å². The lowest BCUT2D eigenvalue weighted by atomic mass is 10.2. The van der Waals surface area contributed by atoms with Crippen molar-refractivity contribution in [2.45, 2.75) is 6.42 Å². The predicted molar refractivity (Wildman–Crippen MR) is 66.9 cm³/mol. The Balaban J connectivity index is 2.21. The summed E-state index contributed by atoms with van der Waals surface area (Å²) in [6.45, 7) is 0.648. The van der Waals surface area contributed by atoms with E-state index in [1.165, 1.54) is 0 Å². The quantitative estimate of drug-likeness (QED) is 0.883. The molecule has 0 aliphatic heterocycles. The number of hydrogen-bond acceptors (Lipinski definition) is 4. The van der Waals surface area contributed by atoms with Crippen LogP contribution < -0.4 is 10.5 Å². The summed E-state index contributed by atoms with van der Waals surface area (Å²) >= 11 is 1.66. The van der Waals surface area contributed by atoms with E-state index in [1.807, 2.05) is 24.3 Å². The maximum atomic E-state index is 5.50. The van der Waals surface area contributed by atoms with Crippen LogP contribution >= 0.6 is 11.3 Å². The maximum Gasteiger partial charge on any atom is 0.118 e. The number of thiazole rings is 1. The van der Waals surface area contributed by atoms with Gasteiger partial charge in [-0.2, -0.15) is 0 Å². The van der Waals surface area contributed by atoms with Crippen molar-refractivity contribution in [3.8, 4) is 17.0 Å². The number of methoxy groups -OCH3 is 1. The molecule has 0 spiro atoms. The summed E-state index contributed by atoms with van der Waals surface area (Å²) in [5.74, 6) is 0.862. The van der Waals surface area contributed by atoms with Gasteiger partial charge >= 0.3 is 0 Å². The highest BCUT2D eigenvalue weighted by Gasteiger charge is 2.03. The van der Waals surface area contributed by atoms with Crippen molar-refractivity contribution >= 4 is 11.3 Å². The van der Waals surface area contributed by atoms with E-state index in [4.69, 9.17) is 10.5 Å². The molecule has 4 heteroatoms. The van der Waals surface area contributed by atoms with Gasteiger partial charge in [-0.3, -0.25) is 0 Å². The Morgan fingerprint density at radius 3 is 2.69 bits per heavy atom. The molecule has 0 aliphatic carbocycles. The highest BCUT2D eigenvalue weighted by molar-refractivity contribution is 7.09. The molecule has 0 saturated heterocycles. The zero-order chi connectivity index (χ0) is 11.4. The molecular formula is C12H14N2OS. The number of aromatic nitrogens is 1. The second kappa shape index (κ2) is 5.09. The standard InChI is InChI=1S/C12H14N2OS/c1-15-10-4-2-9(3-5-10)11-8-16-12(14-11)6-7-13/h2-5,8H,6-7,13H2,1H3. The third kappa shape index (κ3) is 2.40. The number of nitrogens with two attached hydrogens (primary N) is 1. The number of nitrogens with zero attached hydrogens (tertiary/aromatic N) is 1. The van der Waals surface area contributed by atoms with Crippen LogP contribution in [-0.4, -0.2) is 18.6 Å². The molecule has 0 aliphatic rings. The van der Waals surface area contributed by atoms with E-state index in [0.717, 1.165) is 28.4 Å². The molecule has 1 heterocycles. The Morgan fingerprint density at radius 1 is 1.31 bits per heavy atom.